The largest absolute Gasteiger partial charge is 0.378 e. The lowest BCUT2D eigenvalue weighted by Gasteiger charge is -2.54. The normalized spacial score (nSPS) is 34.3. The Hall–Kier alpha value is -1.10. The van der Waals surface area contributed by atoms with Crippen molar-refractivity contribution in [3.05, 3.63) is 0 Å². The highest BCUT2D eigenvalue weighted by molar-refractivity contribution is 5.89. The van der Waals surface area contributed by atoms with Crippen LogP contribution in [0.2, 0.25) is 0 Å². The number of hydrogen-bond acceptors (Lipinski definition) is 3. The summed E-state index contributed by atoms with van der Waals surface area (Å²) in [6.07, 6.45) is 6.38. The van der Waals surface area contributed by atoms with Gasteiger partial charge < -0.3 is 15.0 Å². The van der Waals surface area contributed by atoms with Gasteiger partial charge in [0.1, 0.15) is 0 Å². The first-order valence-corrected chi connectivity index (χ1v) is 8.23. The van der Waals surface area contributed by atoms with E-state index in [9.17, 15) is 9.59 Å². The van der Waals surface area contributed by atoms with E-state index in [2.05, 4.69) is 5.32 Å². The summed E-state index contributed by atoms with van der Waals surface area (Å²) in [4.78, 5) is 25.6. The molecule has 1 aliphatic heterocycles. The quantitative estimate of drug-likeness (QED) is 0.850. The van der Waals surface area contributed by atoms with E-state index in [-0.39, 0.29) is 29.2 Å². The Morgan fingerprint density at radius 2 is 2.14 bits per heavy atom. The summed E-state index contributed by atoms with van der Waals surface area (Å²) in [5, 5.41) is 3.22. The summed E-state index contributed by atoms with van der Waals surface area (Å²) in [5.74, 6) is -0.0439. The molecule has 3 atom stereocenters. The zero-order valence-corrected chi connectivity index (χ0v) is 13.1. The summed E-state index contributed by atoms with van der Waals surface area (Å²) in [7, 11) is 1.77. The molecule has 3 aliphatic rings. The molecule has 3 rings (SSSR count). The van der Waals surface area contributed by atoms with Crippen LogP contribution in [0.1, 0.15) is 45.4 Å². The first-order valence-electron chi connectivity index (χ1n) is 8.23. The molecule has 1 saturated heterocycles. The maximum atomic E-state index is 12.4. The minimum Gasteiger partial charge on any atom is -0.378 e. The molecule has 3 unspecified atom stereocenters. The van der Waals surface area contributed by atoms with Crippen molar-refractivity contribution in [3.63, 3.8) is 0 Å². The number of rotatable bonds is 4. The molecule has 21 heavy (non-hydrogen) atoms. The predicted molar refractivity (Wildman–Crippen MR) is 78.6 cm³/mol. The Bertz CT molecular complexity index is 431. The van der Waals surface area contributed by atoms with E-state index in [1.54, 1.807) is 11.9 Å². The zero-order valence-electron chi connectivity index (χ0n) is 13.1. The van der Waals surface area contributed by atoms with Crippen molar-refractivity contribution in [1.29, 1.82) is 0 Å². The summed E-state index contributed by atoms with van der Waals surface area (Å²) >= 11 is 0. The second-order valence-corrected chi connectivity index (χ2v) is 6.86. The van der Waals surface area contributed by atoms with E-state index >= 15 is 0 Å². The van der Waals surface area contributed by atoms with Crippen LogP contribution in [0.3, 0.4) is 0 Å². The molecule has 0 radical (unpaired) electrons. The third-order valence-electron chi connectivity index (χ3n) is 5.72. The molecule has 1 spiro atoms. The number of carbonyl (C=O) groups excluding carboxylic acids is 2. The van der Waals surface area contributed by atoms with Crippen LogP contribution in [0.4, 0.5) is 0 Å². The maximum absolute atomic E-state index is 12.4. The Balaban J connectivity index is 1.60. The molecule has 3 fully saturated rings. The predicted octanol–water partition coefficient (Wildman–Crippen LogP) is 1.32. The minimum atomic E-state index is -0.174. The van der Waals surface area contributed by atoms with Crippen LogP contribution in [0.5, 0.6) is 0 Å². The summed E-state index contributed by atoms with van der Waals surface area (Å²) in [6, 6.07) is 0.241. The van der Waals surface area contributed by atoms with Crippen LogP contribution in [-0.4, -0.2) is 49.1 Å². The highest BCUT2D eigenvalue weighted by atomic mass is 16.5. The van der Waals surface area contributed by atoms with E-state index in [4.69, 9.17) is 4.74 Å². The van der Waals surface area contributed by atoms with Gasteiger partial charge in [-0.3, -0.25) is 9.59 Å². The van der Waals surface area contributed by atoms with Gasteiger partial charge in [-0.25, -0.2) is 0 Å². The Kier molecular flexibility index (Phi) is 3.95. The Morgan fingerprint density at radius 3 is 2.71 bits per heavy atom. The van der Waals surface area contributed by atoms with Crippen molar-refractivity contribution < 1.29 is 14.3 Å². The van der Waals surface area contributed by atoms with Crippen LogP contribution in [0, 0.1) is 11.3 Å². The number of hydrogen-bond donors (Lipinski definition) is 1. The average molecular weight is 294 g/mol. The van der Waals surface area contributed by atoms with Gasteiger partial charge in [-0.05, 0) is 26.2 Å². The lowest BCUT2D eigenvalue weighted by molar-refractivity contribution is -0.146. The summed E-state index contributed by atoms with van der Waals surface area (Å²) < 4.78 is 5.87. The fraction of sp³-hybridized carbons (Fsp3) is 0.875. The van der Waals surface area contributed by atoms with Crippen LogP contribution < -0.4 is 5.32 Å². The molecular weight excluding hydrogens is 268 g/mol. The highest BCUT2D eigenvalue weighted by Crippen LogP contribution is 2.54. The molecule has 5 nitrogen and oxygen atoms in total. The topological polar surface area (TPSA) is 58.6 Å². The Labute approximate surface area is 126 Å². The van der Waals surface area contributed by atoms with Crippen LogP contribution in [-0.2, 0) is 14.3 Å². The first-order chi connectivity index (χ1) is 10.1. The molecule has 1 N–H and O–H groups in total. The van der Waals surface area contributed by atoms with Gasteiger partial charge >= 0.3 is 0 Å². The molecular formula is C16H26N2O3. The van der Waals surface area contributed by atoms with Crippen molar-refractivity contribution in [2.75, 3.05) is 20.2 Å². The number of likely N-dealkylation sites (tertiary alicyclic amines) is 1. The van der Waals surface area contributed by atoms with E-state index in [0.717, 1.165) is 25.9 Å². The van der Waals surface area contributed by atoms with Gasteiger partial charge in [0.25, 0.3) is 0 Å². The lowest BCUT2D eigenvalue weighted by atomic mass is 9.60. The van der Waals surface area contributed by atoms with Gasteiger partial charge in [0.2, 0.25) is 11.8 Å². The molecule has 118 valence electrons. The fourth-order valence-electron chi connectivity index (χ4n) is 4.42. The molecule has 0 aromatic heterocycles. The number of nitrogens with one attached hydrogen (secondary N) is 1. The molecule has 5 heteroatoms. The standard InChI is InChI=1S/C16H26N2O3/c1-3-21-13-9-12(16(13)6-4-5-7-16)17-15(20)11-8-14(19)18(2)10-11/h11-13H,3-10H2,1-2H3,(H,17,20). The number of carbonyl (C=O) groups is 2. The van der Waals surface area contributed by atoms with Crippen LogP contribution in [0.15, 0.2) is 0 Å². The third-order valence-corrected chi connectivity index (χ3v) is 5.72. The van der Waals surface area contributed by atoms with E-state index in [1.165, 1.54) is 12.8 Å². The molecule has 2 aliphatic carbocycles. The van der Waals surface area contributed by atoms with Gasteiger partial charge in [0, 0.05) is 38.1 Å². The third kappa shape index (κ3) is 2.45. The molecule has 2 saturated carbocycles. The fourth-order valence-corrected chi connectivity index (χ4v) is 4.42. The van der Waals surface area contributed by atoms with E-state index in [1.807, 2.05) is 6.92 Å². The lowest BCUT2D eigenvalue weighted by Crippen LogP contribution is -2.64. The van der Waals surface area contributed by atoms with Crippen molar-refractivity contribution in [1.82, 2.24) is 10.2 Å². The second-order valence-electron chi connectivity index (χ2n) is 6.86. The van der Waals surface area contributed by atoms with Crippen molar-refractivity contribution in [3.8, 4) is 0 Å². The van der Waals surface area contributed by atoms with Crippen molar-refractivity contribution >= 4 is 11.8 Å². The van der Waals surface area contributed by atoms with Crippen molar-refractivity contribution in [2.24, 2.45) is 11.3 Å². The molecule has 0 bridgehead atoms. The van der Waals surface area contributed by atoms with Gasteiger partial charge in [0.15, 0.2) is 0 Å². The molecule has 1 heterocycles. The van der Waals surface area contributed by atoms with Gasteiger partial charge in [-0.1, -0.05) is 12.8 Å². The smallest absolute Gasteiger partial charge is 0.225 e. The average Bonchev–Trinajstić information content (AvgIpc) is 3.07. The van der Waals surface area contributed by atoms with Gasteiger partial charge in [-0.2, -0.15) is 0 Å². The van der Waals surface area contributed by atoms with Crippen molar-refractivity contribution in [2.45, 2.75) is 57.6 Å². The summed E-state index contributed by atoms with van der Waals surface area (Å²) in [5.41, 5.74) is 0.167. The molecule has 0 aromatic carbocycles. The summed E-state index contributed by atoms with van der Waals surface area (Å²) in [6.45, 7) is 3.34. The van der Waals surface area contributed by atoms with E-state index < -0.39 is 0 Å². The van der Waals surface area contributed by atoms with Gasteiger partial charge in [0.05, 0.1) is 12.0 Å². The van der Waals surface area contributed by atoms with Gasteiger partial charge in [-0.15, -0.1) is 0 Å². The number of amides is 2. The zero-order chi connectivity index (χ0) is 15.0. The second kappa shape index (κ2) is 5.59. The van der Waals surface area contributed by atoms with Crippen LogP contribution in [0.25, 0.3) is 0 Å². The number of nitrogens with zero attached hydrogens (tertiary/aromatic N) is 1. The Morgan fingerprint density at radius 1 is 1.43 bits per heavy atom. The SMILES string of the molecule is CCOC1CC(NC(=O)C2CC(=O)N(C)C2)C12CCCC2. The van der Waals surface area contributed by atoms with Crippen LogP contribution >= 0.6 is 0 Å². The first kappa shape index (κ1) is 14.8. The molecule has 0 aromatic rings. The molecule has 2 amide bonds. The maximum Gasteiger partial charge on any atom is 0.225 e. The minimum absolute atomic E-state index is 0.0546. The highest BCUT2D eigenvalue weighted by Gasteiger charge is 2.57. The number of ether oxygens (including phenoxy) is 1. The van der Waals surface area contributed by atoms with E-state index in [0.29, 0.717) is 19.1 Å². The monoisotopic (exact) mass is 294 g/mol.